The van der Waals surface area contributed by atoms with E-state index >= 15 is 0 Å². The Labute approximate surface area is 513 Å². The Morgan fingerprint density at radius 3 is 1.86 bits per heavy atom. The van der Waals surface area contributed by atoms with E-state index < -0.39 is 120 Å². The minimum absolute atomic E-state index is 0.0129. The summed E-state index contributed by atoms with van der Waals surface area (Å²) < 4.78 is 0. The minimum atomic E-state index is -1.76. The van der Waals surface area contributed by atoms with Crippen LogP contribution >= 0.6 is 11.6 Å². The van der Waals surface area contributed by atoms with E-state index in [4.69, 9.17) is 34.5 Å². The molecular weight excluding hydrogens is 1160 g/mol. The summed E-state index contributed by atoms with van der Waals surface area (Å²) in [6, 6.07) is 2.60. The van der Waals surface area contributed by atoms with Crippen LogP contribution in [0.2, 0.25) is 5.02 Å². The molecule has 5 rings (SSSR count). The third-order valence-electron chi connectivity index (χ3n) is 14.6. The number of imidazole rings is 1. The summed E-state index contributed by atoms with van der Waals surface area (Å²) in [6.07, 6.45) is 5.91. The van der Waals surface area contributed by atoms with Crippen molar-refractivity contribution in [3.8, 4) is 0 Å². The van der Waals surface area contributed by atoms with E-state index in [9.17, 15) is 57.8 Å². The van der Waals surface area contributed by atoms with Gasteiger partial charge in [-0.2, -0.15) is 0 Å². The first-order chi connectivity index (χ1) is 42.1. The van der Waals surface area contributed by atoms with E-state index in [-0.39, 0.29) is 76.3 Å². The summed E-state index contributed by atoms with van der Waals surface area (Å²) in [5, 5.41) is 31.9. The second-order valence-electron chi connectivity index (χ2n) is 21.4. The van der Waals surface area contributed by atoms with E-state index in [1.807, 2.05) is 19.1 Å². The highest BCUT2D eigenvalue weighted by Gasteiger charge is 2.37. The van der Waals surface area contributed by atoms with Gasteiger partial charge in [-0.05, 0) is 87.2 Å². The Balaban J connectivity index is 1.47. The van der Waals surface area contributed by atoms with Crippen molar-refractivity contribution in [2.24, 2.45) is 27.9 Å². The monoisotopic (exact) mass is 1240 g/mol. The molecule has 0 aliphatic carbocycles. The van der Waals surface area contributed by atoms with Gasteiger partial charge in [0.25, 0.3) is 0 Å². The number of nitrogens with one attached hydrogen (secondary N) is 10. The molecule has 1 saturated heterocycles. The average Bonchev–Trinajstić information content (AvgIpc) is 4.49. The molecule has 9 amide bonds. The molecule has 8 atom stereocenters. The van der Waals surface area contributed by atoms with Crippen molar-refractivity contribution in [3.63, 3.8) is 0 Å². The molecule has 0 saturated carbocycles. The zero-order valence-electron chi connectivity index (χ0n) is 49.4. The lowest BCUT2D eigenvalue weighted by molar-refractivity contribution is -0.141. The number of aliphatic imine (C=N–C) groups is 1. The predicted octanol–water partition coefficient (Wildman–Crippen LogP) is -1.53. The predicted molar refractivity (Wildman–Crippen MR) is 325 cm³/mol. The summed E-state index contributed by atoms with van der Waals surface area (Å²) >= 11 is 6.23. The zero-order chi connectivity index (χ0) is 64.3. The molecule has 2 aromatic heterocycles. The number of likely N-dealkylation sites (tertiary alicyclic amines) is 1. The van der Waals surface area contributed by atoms with Gasteiger partial charge < -0.3 is 85.4 Å². The largest absolute Gasteiger partial charge is 0.481 e. The Morgan fingerprint density at radius 1 is 0.693 bits per heavy atom. The molecule has 0 bridgehead atoms. The number of aromatic amines is 2. The molecule has 1 aliphatic heterocycles. The van der Waals surface area contributed by atoms with Crippen LogP contribution in [0.1, 0.15) is 101 Å². The maximum absolute atomic E-state index is 14.9. The lowest BCUT2D eigenvalue weighted by Crippen LogP contribution is -2.61. The van der Waals surface area contributed by atoms with Crippen LogP contribution in [-0.4, -0.2) is 177 Å². The molecule has 1 aliphatic rings. The van der Waals surface area contributed by atoms with E-state index in [2.05, 4.69) is 62.5 Å². The number of rotatable bonds is 37. The van der Waals surface area contributed by atoms with Crippen LogP contribution in [0.3, 0.4) is 0 Å². The van der Waals surface area contributed by atoms with Gasteiger partial charge in [-0.25, -0.2) is 4.98 Å². The number of ketones is 1. The molecule has 0 unspecified atom stereocenters. The number of para-hydroxylation sites is 1. The second kappa shape index (κ2) is 35.6. The van der Waals surface area contributed by atoms with Crippen LogP contribution in [0.25, 0.3) is 10.9 Å². The Kier molecular flexibility index (Phi) is 28.3. The highest BCUT2D eigenvalue weighted by Crippen LogP contribution is 2.21. The first kappa shape index (κ1) is 69.8. The van der Waals surface area contributed by atoms with Crippen molar-refractivity contribution in [2.75, 3.05) is 32.7 Å². The number of unbranched alkanes of at least 4 members (excludes halogenated alkanes) is 2. The highest BCUT2D eigenvalue weighted by molar-refractivity contribution is 6.30. The molecule has 0 radical (unpaired) electrons. The van der Waals surface area contributed by atoms with Crippen molar-refractivity contribution in [1.29, 1.82) is 0 Å². The number of nitrogens with zero attached hydrogens (tertiary/aromatic N) is 3. The first-order valence-corrected chi connectivity index (χ1v) is 29.6. The van der Waals surface area contributed by atoms with Crippen molar-refractivity contribution in [3.05, 3.63) is 89.1 Å². The van der Waals surface area contributed by atoms with Gasteiger partial charge in [-0.15, -0.1) is 0 Å². The van der Waals surface area contributed by atoms with Crippen LogP contribution in [0.15, 0.2) is 72.2 Å². The molecule has 3 heterocycles. The van der Waals surface area contributed by atoms with Crippen LogP contribution in [0, 0.1) is 0 Å². The Morgan fingerprint density at radius 2 is 1.26 bits per heavy atom. The number of hydrogen-bond donors (Lipinski definition) is 15. The van der Waals surface area contributed by atoms with Crippen LogP contribution in [-0.2, 0) is 72.0 Å². The standard InChI is InChI=1S/C58H82ClN17O12/c1-3-4-12-41(69-33(2)77)52(83)75-46(27-50(80)81)57(88)74-45(26-37-30-64-32-68-37)56(87)72-43(24-34-17-19-36(59)20-18-34)54(85)71-42(15-9-22-65-58(62)63)53(84)73-44(25-35-29-66-39-13-6-5-11-38(35)39)55(86)70-40(14-7-8-21-60)51(82)67-31-49(79)76-23-10-16-47(76)48(78)28-61/h5-6,11,13,17-20,29-30,32,40-47,66H,3-4,7-10,12,14-16,21-28,31,60-61H2,1-2H3,(H,64,68)(H,67,82)(H,69,77)(H,70,86)(H,71,85)(H,72,87)(H,73,84)(H,74,88)(H,75,83)(H,80,81)(H4,62,63,65)/t40-,41-,42-,43+,44-,45-,46-,47-/m0/s1. The number of hydrogen-bond acceptors (Lipinski definition) is 15. The van der Waals surface area contributed by atoms with E-state index in [1.54, 1.807) is 42.6 Å². The van der Waals surface area contributed by atoms with Crippen LogP contribution in [0.4, 0.5) is 0 Å². The molecule has 2 aromatic carbocycles. The Bertz CT molecular complexity index is 3060. The number of aliphatic carboxylic acids is 1. The van der Waals surface area contributed by atoms with Gasteiger partial charge >= 0.3 is 5.97 Å². The number of nitrogens with two attached hydrogens (primary N) is 4. The lowest BCUT2D eigenvalue weighted by atomic mass is 10.0. The summed E-state index contributed by atoms with van der Waals surface area (Å²) in [4.78, 5) is 166. The second-order valence-corrected chi connectivity index (χ2v) is 21.8. The van der Waals surface area contributed by atoms with E-state index in [1.165, 1.54) is 24.3 Å². The van der Waals surface area contributed by atoms with Gasteiger partial charge in [0.1, 0.15) is 42.3 Å². The summed E-state index contributed by atoms with van der Waals surface area (Å²) in [7, 11) is 0. The van der Waals surface area contributed by atoms with Crippen molar-refractivity contribution in [1.82, 2.24) is 62.4 Å². The summed E-state index contributed by atoms with van der Waals surface area (Å²) in [5.74, 6) is -9.36. The maximum atomic E-state index is 14.9. The number of H-pyrrole nitrogens is 2. The topological polar surface area (TPSA) is 468 Å². The quantitative estimate of drug-likeness (QED) is 0.0138. The van der Waals surface area contributed by atoms with Gasteiger partial charge in [0, 0.05) is 73.3 Å². The van der Waals surface area contributed by atoms with Crippen molar-refractivity contribution < 1.29 is 57.8 Å². The van der Waals surface area contributed by atoms with Gasteiger partial charge in [0.15, 0.2) is 11.7 Å². The normalized spacial score (nSPS) is 15.2. The fraction of sp³-hybridized carbons (Fsp3) is 0.500. The number of aromatic nitrogens is 3. The summed E-state index contributed by atoms with van der Waals surface area (Å²) in [6.45, 7) is 2.87. The molecule has 30 heteroatoms. The number of carboxylic acid groups (broad SMARTS) is 1. The maximum Gasteiger partial charge on any atom is 0.305 e. The van der Waals surface area contributed by atoms with Gasteiger partial charge in [-0.1, -0.05) is 61.7 Å². The molecule has 88 heavy (non-hydrogen) atoms. The smallest absolute Gasteiger partial charge is 0.305 e. The highest BCUT2D eigenvalue weighted by atomic mass is 35.5. The minimum Gasteiger partial charge on any atom is -0.481 e. The van der Waals surface area contributed by atoms with Gasteiger partial charge in [0.05, 0.1) is 31.9 Å². The van der Waals surface area contributed by atoms with Crippen LogP contribution in [0.5, 0.6) is 0 Å². The molecule has 1 fully saturated rings. The molecule has 19 N–H and O–H groups in total. The van der Waals surface area contributed by atoms with E-state index in [0.717, 1.165) is 0 Å². The zero-order valence-corrected chi connectivity index (χ0v) is 50.1. The molecule has 4 aromatic rings. The number of carbonyl (C=O) groups is 11. The molecule has 29 nitrogen and oxygen atoms in total. The fourth-order valence-electron chi connectivity index (χ4n) is 10.0. The van der Waals surface area contributed by atoms with Crippen molar-refractivity contribution in [2.45, 2.75) is 152 Å². The fourth-order valence-corrected chi connectivity index (χ4v) is 10.1. The first-order valence-electron chi connectivity index (χ1n) is 29.2. The number of guanidine groups is 1. The Hall–Kier alpha value is -8.96. The number of Topliss-reactive ketones (excluding diaryl/α,β-unsaturated/α-hetero) is 1. The summed E-state index contributed by atoms with van der Waals surface area (Å²) in [5.41, 5.74) is 24.8. The number of carboxylic acids is 1. The third kappa shape index (κ3) is 22.4. The van der Waals surface area contributed by atoms with E-state index in [0.29, 0.717) is 77.8 Å². The lowest BCUT2D eigenvalue weighted by Gasteiger charge is -2.28. The van der Waals surface area contributed by atoms with Gasteiger partial charge in [0.2, 0.25) is 53.2 Å². The van der Waals surface area contributed by atoms with Gasteiger partial charge in [-0.3, -0.25) is 57.7 Å². The number of carbonyl (C=O) groups excluding carboxylic acids is 10. The number of fused-ring (bicyclic) bond motifs is 1. The van der Waals surface area contributed by atoms with Crippen molar-refractivity contribution >= 4 is 93.4 Å². The number of amides is 9. The molecule has 478 valence electrons. The molecular formula is C58H82ClN17O12. The van der Waals surface area contributed by atoms with Crippen LogP contribution < -0.4 is 65.5 Å². The number of benzene rings is 2. The number of halogens is 1. The molecule has 0 spiro atoms. The SMILES string of the molecule is CCCC[C@H](NC(C)=O)C(=O)N[C@@H](CC(=O)O)C(=O)N[C@@H](Cc1cnc[nH]1)C(=O)N[C@H](Cc1ccc(Cl)cc1)C(=O)N[C@@H](CCCN=C(N)N)C(=O)N[C@@H](Cc1c[nH]c2ccccc12)C(=O)N[C@@H](CCCCN)C(=O)NCC(=O)N1CCC[C@H]1C(=O)CN. The third-order valence-corrected chi connectivity index (χ3v) is 14.9. The average molecular weight is 1240 g/mol.